The zero-order chi connectivity index (χ0) is 15.5. The molecule has 0 radical (unpaired) electrons. The van der Waals surface area contributed by atoms with E-state index in [0.717, 1.165) is 38.3 Å². The van der Waals surface area contributed by atoms with Crippen molar-refractivity contribution in [1.82, 2.24) is 23.8 Å². The van der Waals surface area contributed by atoms with E-state index in [9.17, 15) is 4.79 Å². The number of nitrogens with zero attached hydrogens (tertiary/aromatic N) is 5. The highest BCUT2D eigenvalue weighted by Crippen LogP contribution is 2.21. The summed E-state index contributed by atoms with van der Waals surface area (Å²) >= 11 is 1.22. The Morgan fingerprint density at radius 1 is 1.41 bits per heavy atom. The van der Waals surface area contributed by atoms with Gasteiger partial charge >= 0.3 is 6.03 Å². The summed E-state index contributed by atoms with van der Waals surface area (Å²) < 4.78 is 6.25. The Bertz CT molecular complexity index is 643. The molecule has 0 atom stereocenters. The number of aromatic nitrogens is 4. The number of carbonyl (C=O) groups excluding carboxylic acids is 1. The number of amides is 2. The third-order valence-electron chi connectivity index (χ3n) is 4.02. The maximum Gasteiger partial charge on any atom is 0.323 e. The molecular weight excluding hydrogens is 300 g/mol. The van der Waals surface area contributed by atoms with Gasteiger partial charge in [0.25, 0.3) is 0 Å². The monoisotopic (exact) mass is 320 g/mol. The van der Waals surface area contributed by atoms with Gasteiger partial charge in [0.1, 0.15) is 11.6 Å². The summed E-state index contributed by atoms with van der Waals surface area (Å²) in [5, 5.41) is 3.39. The molecule has 2 amide bonds. The number of rotatable bonds is 3. The molecule has 7 nitrogen and oxygen atoms in total. The number of urea groups is 1. The first-order valence-corrected chi connectivity index (χ1v) is 8.23. The summed E-state index contributed by atoms with van der Waals surface area (Å²) in [4.78, 5) is 22.5. The molecule has 1 saturated heterocycles. The van der Waals surface area contributed by atoms with Crippen molar-refractivity contribution in [2.75, 3.05) is 18.4 Å². The highest BCUT2D eigenvalue weighted by molar-refractivity contribution is 7.09. The third kappa shape index (κ3) is 3.44. The Labute approximate surface area is 133 Å². The van der Waals surface area contributed by atoms with Gasteiger partial charge in [-0.2, -0.15) is 4.37 Å². The molecule has 2 aromatic rings. The van der Waals surface area contributed by atoms with Crippen LogP contribution in [0.15, 0.2) is 12.4 Å². The second-order valence-corrected chi connectivity index (χ2v) is 6.39. The maximum atomic E-state index is 12.2. The van der Waals surface area contributed by atoms with Crippen LogP contribution in [0.2, 0.25) is 0 Å². The summed E-state index contributed by atoms with van der Waals surface area (Å²) in [6, 6.07) is -0.0755. The van der Waals surface area contributed by atoms with Gasteiger partial charge in [-0.3, -0.25) is 5.32 Å². The Morgan fingerprint density at radius 2 is 2.18 bits per heavy atom. The standard InChI is InChI=1S/C14H20N6OS/c1-10-16-13(22-18-10)17-14(21)19-6-3-12(4-7-19)9-20-8-5-15-11(20)2/h5,8,12H,3-4,6-7,9H2,1-2H3,(H,16,17,18,21). The van der Waals surface area contributed by atoms with Crippen LogP contribution in [0.5, 0.6) is 0 Å². The Balaban J connectivity index is 1.49. The predicted molar refractivity (Wildman–Crippen MR) is 84.9 cm³/mol. The van der Waals surface area contributed by atoms with Gasteiger partial charge in [0.05, 0.1) is 0 Å². The normalized spacial score (nSPS) is 16.0. The minimum atomic E-state index is -0.0755. The van der Waals surface area contributed by atoms with Crippen LogP contribution in [-0.2, 0) is 6.54 Å². The highest BCUT2D eigenvalue weighted by Gasteiger charge is 2.23. The first kappa shape index (κ1) is 15.0. The Kier molecular flexibility index (Phi) is 4.37. The van der Waals surface area contributed by atoms with Gasteiger partial charge in [0.15, 0.2) is 0 Å². The van der Waals surface area contributed by atoms with Gasteiger partial charge in [-0.25, -0.2) is 14.8 Å². The molecule has 3 rings (SSSR count). The number of anilines is 1. The minimum Gasteiger partial charge on any atom is -0.335 e. The van der Waals surface area contributed by atoms with Crippen molar-refractivity contribution in [3.8, 4) is 0 Å². The number of likely N-dealkylation sites (tertiary alicyclic amines) is 1. The quantitative estimate of drug-likeness (QED) is 0.941. The van der Waals surface area contributed by atoms with E-state index < -0.39 is 0 Å². The van der Waals surface area contributed by atoms with Crippen LogP contribution in [0.3, 0.4) is 0 Å². The number of hydrogen-bond donors (Lipinski definition) is 1. The first-order chi connectivity index (χ1) is 10.6. The van der Waals surface area contributed by atoms with E-state index in [1.807, 2.05) is 31.1 Å². The summed E-state index contributed by atoms with van der Waals surface area (Å²) in [6.07, 6.45) is 5.88. The van der Waals surface area contributed by atoms with E-state index in [1.54, 1.807) is 0 Å². The molecule has 3 heterocycles. The summed E-state index contributed by atoms with van der Waals surface area (Å²) in [5.74, 6) is 2.34. The molecule has 22 heavy (non-hydrogen) atoms. The molecule has 0 aliphatic carbocycles. The van der Waals surface area contributed by atoms with Gasteiger partial charge in [0.2, 0.25) is 5.13 Å². The van der Waals surface area contributed by atoms with Gasteiger partial charge in [-0.05, 0) is 32.6 Å². The fourth-order valence-corrected chi connectivity index (χ4v) is 3.28. The lowest BCUT2D eigenvalue weighted by Crippen LogP contribution is -2.41. The molecule has 0 spiro atoms. The van der Waals surface area contributed by atoms with Crippen molar-refractivity contribution < 1.29 is 4.79 Å². The summed E-state index contributed by atoms with van der Waals surface area (Å²) in [5.41, 5.74) is 0. The van der Waals surface area contributed by atoms with Crippen LogP contribution in [0.25, 0.3) is 0 Å². The molecule has 8 heteroatoms. The van der Waals surface area contributed by atoms with Crippen LogP contribution in [0.1, 0.15) is 24.5 Å². The number of aryl methyl sites for hydroxylation is 2. The number of nitrogens with one attached hydrogen (secondary N) is 1. The average Bonchev–Trinajstić information content (AvgIpc) is 3.09. The van der Waals surface area contributed by atoms with Crippen LogP contribution < -0.4 is 5.32 Å². The molecule has 0 unspecified atom stereocenters. The second-order valence-electron chi connectivity index (χ2n) is 5.63. The summed E-state index contributed by atoms with van der Waals surface area (Å²) in [7, 11) is 0. The van der Waals surface area contributed by atoms with Gasteiger partial charge in [-0.1, -0.05) is 0 Å². The molecule has 0 bridgehead atoms. The lowest BCUT2D eigenvalue weighted by molar-refractivity contribution is 0.176. The predicted octanol–water partition coefficient (Wildman–Crippen LogP) is 2.30. The van der Waals surface area contributed by atoms with Crippen molar-refractivity contribution in [3.63, 3.8) is 0 Å². The molecule has 1 aliphatic heterocycles. The molecular formula is C14H20N6OS. The lowest BCUT2D eigenvalue weighted by Gasteiger charge is -2.32. The van der Waals surface area contributed by atoms with Gasteiger partial charge in [0, 0.05) is 43.6 Å². The van der Waals surface area contributed by atoms with Crippen LogP contribution >= 0.6 is 11.5 Å². The van der Waals surface area contributed by atoms with E-state index in [-0.39, 0.29) is 6.03 Å². The van der Waals surface area contributed by atoms with Crippen LogP contribution in [-0.4, -0.2) is 42.9 Å². The molecule has 0 aromatic carbocycles. The molecule has 1 aliphatic rings. The highest BCUT2D eigenvalue weighted by atomic mass is 32.1. The van der Waals surface area contributed by atoms with Crippen molar-refractivity contribution in [3.05, 3.63) is 24.0 Å². The SMILES string of the molecule is Cc1nsc(NC(=O)N2CCC(Cn3ccnc3C)CC2)n1. The smallest absolute Gasteiger partial charge is 0.323 e. The van der Waals surface area contributed by atoms with E-state index in [0.29, 0.717) is 16.9 Å². The van der Waals surface area contributed by atoms with Crippen molar-refractivity contribution in [2.24, 2.45) is 5.92 Å². The Hall–Kier alpha value is -1.96. The Morgan fingerprint density at radius 3 is 2.77 bits per heavy atom. The molecule has 2 aromatic heterocycles. The largest absolute Gasteiger partial charge is 0.335 e. The molecule has 0 saturated carbocycles. The van der Waals surface area contributed by atoms with Crippen molar-refractivity contribution in [2.45, 2.75) is 33.2 Å². The van der Waals surface area contributed by atoms with Crippen LogP contribution in [0, 0.1) is 19.8 Å². The zero-order valence-corrected chi connectivity index (χ0v) is 13.6. The van der Waals surface area contributed by atoms with E-state index in [4.69, 9.17) is 0 Å². The van der Waals surface area contributed by atoms with E-state index in [1.165, 1.54) is 11.5 Å². The maximum absolute atomic E-state index is 12.2. The third-order valence-corrected chi connectivity index (χ3v) is 4.74. The lowest BCUT2D eigenvalue weighted by atomic mass is 9.97. The molecule has 1 N–H and O–H groups in total. The fraction of sp³-hybridized carbons (Fsp3) is 0.571. The summed E-state index contributed by atoms with van der Waals surface area (Å²) in [6.45, 7) is 6.38. The van der Waals surface area contributed by atoms with E-state index >= 15 is 0 Å². The zero-order valence-electron chi connectivity index (χ0n) is 12.8. The first-order valence-electron chi connectivity index (χ1n) is 7.46. The number of imidazole rings is 1. The van der Waals surface area contributed by atoms with Crippen molar-refractivity contribution in [1.29, 1.82) is 0 Å². The van der Waals surface area contributed by atoms with Gasteiger partial charge < -0.3 is 9.47 Å². The number of hydrogen-bond acceptors (Lipinski definition) is 5. The average molecular weight is 320 g/mol. The fourth-order valence-electron chi connectivity index (χ4n) is 2.71. The molecule has 1 fully saturated rings. The molecule has 118 valence electrons. The minimum absolute atomic E-state index is 0.0755. The number of carbonyl (C=O) groups is 1. The number of piperidine rings is 1. The van der Waals surface area contributed by atoms with Gasteiger partial charge in [-0.15, -0.1) is 0 Å². The van der Waals surface area contributed by atoms with E-state index in [2.05, 4.69) is 24.2 Å². The second kappa shape index (κ2) is 6.43. The van der Waals surface area contributed by atoms with Crippen LogP contribution in [0.4, 0.5) is 9.93 Å². The van der Waals surface area contributed by atoms with Crippen molar-refractivity contribution >= 4 is 22.7 Å². The topological polar surface area (TPSA) is 75.9 Å².